The number of nitrogen functional groups attached to an aromatic ring is 4. The number of nitrogens with two attached hydrogens (primary N) is 4. The number of likely N-dealkylation sites (tertiary alicyclic amines) is 1. The van der Waals surface area contributed by atoms with E-state index in [0.717, 1.165) is 18.4 Å². The van der Waals surface area contributed by atoms with E-state index in [-0.39, 0.29) is 5.91 Å². The van der Waals surface area contributed by atoms with Crippen molar-refractivity contribution in [2.24, 2.45) is 0 Å². The van der Waals surface area contributed by atoms with Gasteiger partial charge < -0.3 is 27.8 Å². The van der Waals surface area contributed by atoms with Gasteiger partial charge in [-0.05, 0) is 62.1 Å². The lowest BCUT2D eigenvalue weighted by atomic mass is 9.88. The normalized spacial score (nSPS) is 14.8. The SMILES string of the molecule is Nc1cc(N)cc(C(=O)N2CCC(c3cc(N)cc(N)c3)CC2)c1.[2H][B]P. The first-order chi connectivity index (χ1) is 12.8. The molecule has 0 aromatic heterocycles. The van der Waals surface area contributed by atoms with Crippen LogP contribution in [0.4, 0.5) is 22.7 Å². The lowest BCUT2D eigenvalue weighted by molar-refractivity contribution is 0.0713. The van der Waals surface area contributed by atoms with Crippen molar-refractivity contribution in [1.82, 2.24) is 4.90 Å². The van der Waals surface area contributed by atoms with Crippen LogP contribution in [-0.4, -0.2) is 32.8 Å². The van der Waals surface area contributed by atoms with Crippen LogP contribution in [0.2, 0.25) is 0 Å². The molecule has 1 aliphatic rings. The zero-order valence-electron chi connectivity index (χ0n) is 15.7. The summed E-state index contributed by atoms with van der Waals surface area (Å²) in [5.41, 5.74) is 27.4. The molecule has 1 unspecified atom stereocenters. The number of benzene rings is 2. The first kappa shape index (κ1) is 18.4. The van der Waals surface area contributed by atoms with E-state index in [1.807, 2.05) is 17.0 Å². The van der Waals surface area contributed by atoms with Crippen molar-refractivity contribution in [2.75, 3.05) is 36.0 Å². The van der Waals surface area contributed by atoms with Gasteiger partial charge in [0.05, 0.1) is 0 Å². The summed E-state index contributed by atoms with van der Waals surface area (Å²) in [5.74, 6) is 0.338. The lowest BCUT2D eigenvalue weighted by Crippen LogP contribution is -2.38. The Kier molecular flexibility index (Phi) is 6.23. The standard InChI is InChI=1S/C18H23N5O.BH3P/c19-14-5-12(6-15(20)9-14)11-1-3-23(4-2-11)18(24)13-7-16(21)10-17(22)8-13;1-2/h5-11H,1-4,19-22H2;1H,2H2/i;1D. The monoisotopic (exact) mass is 371 g/mol. The van der Waals surface area contributed by atoms with E-state index in [4.69, 9.17) is 24.3 Å². The summed E-state index contributed by atoms with van der Waals surface area (Å²) in [5, 5.41) is 0. The summed E-state index contributed by atoms with van der Waals surface area (Å²) in [6, 6.07) is 10.7. The Morgan fingerprint density at radius 1 is 0.962 bits per heavy atom. The highest BCUT2D eigenvalue weighted by atomic mass is 31.0. The van der Waals surface area contributed by atoms with Crippen LogP contribution < -0.4 is 22.9 Å². The molecule has 1 aliphatic heterocycles. The smallest absolute Gasteiger partial charge is 0.254 e. The van der Waals surface area contributed by atoms with Crippen molar-refractivity contribution in [3.63, 3.8) is 0 Å². The van der Waals surface area contributed by atoms with Gasteiger partial charge in [0.25, 0.3) is 5.91 Å². The van der Waals surface area contributed by atoms with Crippen molar-refractivity contribution in [1.29, 1.82) is 1.34 Å². The first-order valence-electron chi connectivity index (χ1n) is 8.94. The van der Waals surface area contributed by atoms with Gasteiger partial charge in [0.15, 0.2) is 0 Å². The molecule has 1 radical (unpaired) electrons. The molecule has 1 saturated heterocycles. The second kappa shape index (κ2) is 8.81. The molecule has 3 rings (SSSR count). The first-order valence-corrected chi connectivity index (χ1v) is 9.03. The Hall–Kier alpha value is -2.40. The van der Waals surface area contributed by atoms with Crippen LogP contribution in [0.25, 0.3) is 0 Å². The van der Waals surface area contributed by atoms with Crippen LogP contribution in [0.5, 0.6) is 0 Å². The summed E-state index contributed by atoms with van der Waals surface area (Å²) in [6.45, 7) is 1.37. The van der Waals surface area contributed by atoms with E-state index in [9.17, 15) is 4.79 Å². The summed E-state index contributed by atoms with van der Waals surface area (Å²) in [7, 11) is 3.29. The topological polar surface area (TPSA) is 124 Å². The molecule has 2 aromatic carbocycles. The van der Waals surface area contributed by atoms with Crippen molar-refractivity contribution < 1.29 is 4.79 Å². The fraction of sp³-hybridized carbons (Fsp3) is 0.278. The van der Waals surface area contributed by atoms with Gasteiger partial charge in [-0.15, -0.1) is 0 Å². The van der Waals surface area contributed by atoms with Gasteiger partial charge in [-0.1, -0.05) is 0 Å². The molecule has 26 heavy (non-hydrogen) atoms. The average Bonchev–Trinajstić information content (AvgIpc) is 2.60. The van der Waals surface area contributed by atoms with Gasteiger partial charge >= 0.3 is 0 Å². The van der Waals surface area contributed by atoms with Crippen molar-refractivity contribution in [3.8, 4) is 0 Å². The molecule has 0 saturated carbocycles. The molecule has 6 nitrogen and oxygen atoms in total. The van der Waals surface area contributed by atoms with Gasteiger partial charge in [-0.3, -0.25) is 4.79 Å². The van der Waals surface area contributed by atoms with Crippen LogP contribution in [0, 0.1) is 0 Å². The number of amides is 1. The zero-order valence-corrected chi connectivity index (χ0v) is 15.8. The van der Waals surface area contributed by atoms with Gasteiger partial charge in [0.2, 0.25) is 0 Å². The minimum Gasteiger partial charge on any atom is -0.399 e. The number of hydrogen-bond donors (Lipinski definition) is 4. The second-order valence-corrected chi connectivity index (χ2v) is 6.39. The minimum atomic E-state index is -0.0282. The highest BCUT2D eigenvalue weighted by molar-refractivity contribution is 7.49. The summed E-state index contributed by atoms with van der Waals surface area (Å²) >= 11 is 0. The summed E-state index contributed by atoms with van der Waals surface area (Å²) < 4.78 is 6.05. The summed E-state index contributed by atoms with van der Waals surface area (Å²) in [6.07, 6.45) is 1.76. The third-order valence-electron chi connectivity index (χ3n) is 4.48. The van der Waals surface area contributed by atoms with Crippen LogP contribution in [-0.2, 0) is 0 Å². The summed E-state index contributed by atoms with van der Waals surface area (Å²) in [4.78, 5) is 14.5. The largest absolute Gasteiger partial charge is 0.399 e. The number of piperidine rings is 1. The minimum absolute atomic E-state index is 0.0282. The number of anilines is 4. The molecule has 0 aliphatic carbocycles. The molecule has 8 N–H and O–H groups in total. The van der Waals surface area contributed by atoms with Crippen LogP contribution in [0.15, 0.2) is 36.4 Å². The molecule has 0 spiro atoms. The molecule has 1 atom stereocenters. The predicted octanol–water partition coefficient (Wildman–Crippen LogP) is 1.71. The predicted molar refractivity (Wildman–Crippen MR) is 115 cm³/mol. The number of carbonyl (C=O) groups excluding carboxylic acids is 1. The van der Waals surface area contributed by atoms with Crippen molar-refractivity contribution in [3.05, 3.63) is 47.5 Å². The van der Waals surface area contributed by atoms with E-state index < -0.39 is 0 Å². The molecule has 1 fully saturated rings. The van der Waals surface area contributed by atoms with E-state index in [1.165, 1.54) is 7.53 Å². The molecule has 0 bridgehead atoms. The fourth-order valence-corrected chi connectivity index (χ4v) is 3.34. The Balaban J connectivity index is 0.000000817. The maximum absolute atomic E-state index is 12.6. The highest BCUT2D eigenvalue weighted by Gasteiger charge is 2.25. The molecule has 8 heteroatoms. The fourth-order valence-electron chi connectivity index (χ4n) is 3.34. The number of carbonyl (C=O) groups is 1. The maximum Gasteiger partial charge on any atom is 0.254 e. The van der Waals surface area contributed by atoms with Gasteiger partial charge in [0.1, 0.15) is 7.53 Å². The quantitative estimate of drug-likeness (QED) is 0.363. The Morgan fingerprint density at radius 3 is 1.85 bits per heavy atom. The van der Waals surface area contributed by atoms with Crippen LogP contribution in [0.3, 0.4) is 0 Å². The molecule has 2 aromatic rings. The van der Waals surface area contributed by atoms with Crippen molar-refractivity contribution in [2.45, 2.75) is 18.8 Å². The van der Waals surface area contributed by atoms with Gasteiger partial charge in [0, 0.05) is 41.4 Å². The number of rotatable bonds is 2. The third kappa shape index (κ3) is 4.82. The molecule has 1 heterocycles. The van der Waals surface area contributed by atoms with Gasteiger partial charge in [-0.2, -0.15) is 9.12 Å². The Labute approximate surface area is 159 Å². The Morgan fingerprint density at radius 2 is 1.38 bits per heavy atom. The third-order valence-corrected chi connectivity index (χ3v) is 4.48. The van der Waals surface area contributed by atoms with Crippen LogP contribution >= 0.6 is 9.12 Å². The molecule has 1 amide bonds. The zero-order chi connectivity index (χ0) is 20.0. The molecule has 137 valence electrons. The van der Waals surface area contributed by atoms with Gasteiger partial charge in [-0.25, -0.2) is 0 Å². The van der Waals surface area contributed by atoms with E-state index >= 15 is 0 Å². The average molecular weight is 371 g/mol. The highest BCUT2D eigenvalue weighted by Crippen LogP contribution is 2.31. The lowest BCUT2D eigenvalue weighted by Gasteiger charge is -2.32. The number of nitrogens with zero attached hydrogens (tertiary/aromatic N) is 1. The maximum atomic E-state index is 12.6. The van der Waals surface area contributed by atoms with E-state index in [1.54, 1.807) is 24.3 Å². The van der Waals surface area contributed by atoms with Crippen LogP contribution in [0.1, 0.15) is 34.7 Å². The number of hydrogen-bond acceptors (Lipinski definition) is 5. The second-order valence-electron chi connectivity index (χ2n) is 6.39. The van der Waals surface area contributed by atoms with Crippen molar-refractivity contribution >= 4 is 45.3 Å². The Bertz CT molecular complexity index is 759. The molecular formula is C18H26BN5OP. The van der Waals surface area contributed by atoms with E-state index in [0.29, 0.717) is 47.3 Å². The molecular weight excluding hydrogens is 344 g/mol. The van der Waals surface area contributed by atoms with E-state index in [2.05, 4.69) is 9.12 Å².